The summed E-state index contributed by atoms with van der Waals surface area (Å²) in [6.07, 6.45) is -4.36. The van der Waals surface area contributed by atoms with Crippen LogP contribution >= 0.6 is 23.1 Å². The molecule has 0 radical (unpaired) electrons. The average molecular weight is 333 g/mol. The van der Waals surface area contributed by atoms with Crippen LogP contribution < -0.4 is 11.3 Å². The molecule has 1 aromatic heterocycles. The maximum absolute atomic E-state index is 12.6. The molecule has 3 N–H and O–H groups in total. The van der Waals surface area contributed by atoms with Crippen molar-refractivity contribution in [3.8, 4) is 0 Å². The molecule has 0 atom stereocenters. The van der Waals surface area contributed by atoms with Crippen LogP contribution in [0, 0.1) is 0 Å². The highest BCUT2D eigenvalue weighted by Crippen LogP contribution is 2.32. The minimum Gasteiger partial charge on any atom is -0.288 e. The lowest BCUT2D eigenvalue weighted by molar-refractivity contribution is -0.137. The van der Waals surface area contributed by atoms with E-state index < -0.39 is 17.6 Å². The minimum absolute atomic E-state index is 0.220. The molecule has 0 saturated heterocycles. The zero-order valence-electron chi connectivity index (χ0n) is 10.5. The summed E-state index contributed by atoms with van der Waals surface area (Å²) in [5.74, 6) is 4.87. The lowest BCUT2D eigenvalue weighted by Crippen LogP contribution is -2.29. The Morgan fingerprint density at radius 2 is 2.19 bits per heavy atom. The maximum Gasteiger partial charge on any atom is 0.416 e. The average Bonchev–Trinajstić information content (AvgIpc) is 2.92. The molecule has 21 heavy (non-hydrogen) atoms. The zero-order chi connectivity index (χ0) is 15.5. The summed E-state index contributed by atoms with van der Waals surface area (Å²) < 4.78 is 37.8. The Morgan fingerprint density at radius 3 is 2.86 bits per heavy atom. The Labute approximate surface area is 126 Å². The van der Waals surface area contributed by atoms with Gasteiger partial charge in [0, 0.05) is 16.0 Å². The van der Waals surface area contributed by atoms with Crippen LogP contribution in [0.5, 0.6) is 0 Å². The fourth-order valence-corrected chi connectivity index (χ4v) is 3.13. The van der Waals surface area contributed by atoms with Crippen molar-refractivity contribution in [1.29, 1.82) is 0 Å². The topological polar surface area (TPSA) is 68.0 Å². The molecule has 2 aromatic rings. The maximum atomic E-state index is 12.6. The summed E-state index contributed by atoms with van der Waals surface area (Å²) in [4.78, 5) is 15.8. The number of benzene rings is 1. The summed E-state index contributed by atoms with van der Waals surface area (Å²) in [6, 6.07) is 5.07. The Balaban J connectivity index is 2.03. The number of nitrogens with zero attached hydrogens (tertiary/aromatic N) is 1. The molecule has 9 heteroatoms. The van der Waals surface area contributed by atoms with E-state index in [9.17, 15) is 18.0 Å². The molecule has 112 valence electrons. The number of nitrogens with two attached hydrogens (primary N) is 1. The highest BCUT2D eigenvalue weighted by Gasteiger charge is 2.30. The minimum atomic E-state index is -4.36. The monoisotopic (exact) mass is 333 g/mol. The number of hydrogen-bond donors (Lipinski definition) is 2. The molecule has 2 rings (SSSR count). The van der Waals surface area contributed by atoms with Crippen molar-refractivity contribution in [1.82, 2.24) is 10.4 Å². The Morgan fingerprint density at radius 1 is 1.43 bits per heavy atom. The van der Waals surface area contributed by atoms with Crippen molar-refractivity contribution in [3.05, 3.63) is 45.9 Å². The number of carbonyl (C=O) groups is 1. The van der Waals surface area contributed by atoms with Gasteiger partial charge in [0.25, 0.3) is 5.91 Å². The van der Waals surface area contributed by atoms with Gasteiger partial charge < -0.3 is 0 Å². The molecule has 1 heterocycles. The highest BCUT2D eigenvalue weighted by atomic mass is 32.2. The highest BCUT2D eigenvalue weighted by molar-refractivity contribution is 7.98. The summed E-state index contributed by atoms with van der Waals surface area (Å²) in [5.41, 5.74) is 1.90. The molecule has 0 saturated carbocycles. The van der Waals surface area contributed by atoms with Crippen LogP contribution in [-0.4, -0.2) is 10.9 Å². The predicted molar refractivity (Wildman–Crippen MR) is 74.8 cm³/mol. The van der Waals surface area contributed by atoms with Crippen LogP contribution in [-0.2, 0) is 11.9 Å². The molecule has 0 unspecified atom stereocenters. The van der Waals surface area contributed by atoms with Gasteiger partial charge in [-0.1, -0.05) is 6.07 Å². The third-order valence-electron chi connectivity index (χ3n) is 2.43. The first-order valence-electron chi connectivity index (χ1n) is 5.65. The number of hydrogen-bond acceptors (Lipinski definition) is 5. The van der Waals surface area contributed by atoms with E-state index in [2.05, 4.69) is 4.98 Å². The largest absolute Gasteiger partial charge is 0.416 e. The van der Waals surface area contributed by atoms with Gasteiger partial charge in [0.05, 0.1) is 11.3 Å². The molecule has 0 bridgehead atoms. The third kappa shape index (κ3) is 4.19. The Kier molecular flexibility index (Phi) is 4.86. The van der Waals surface area contributed by atoms with Gasteiger partial charge >= 0.3 is 6.18 Å². The van der Waals surface area contributed by atoms with Gasteiger partial charge in [0.1, 0.15) is 0 Å². The van der Waals surface area contributed by atoms with Crippen molar-refractivity contribution in [2.45, 2.75) is 16.8 Å². The number of hydrazine groups is 1. The van der Waals surface area contributed by atoms with Crippen LogP contribution in [0.4, 0.5) is 13.2 Å². The number of nitrogen functional groups attached to an aromatic ring is 1. The summed E-state index contributed by atoms with van der Waals surface area (Å²) in [7, 11) is 0. The standard InChI is InChI=1S/C12H10F3N3OS2/c13-12(14,15)7-2-1-3-9(4-7)20-5-8-6-21-11(17-8)10(19)18-16/h1-4,6H,5,16H2,(H,18,19). The summed E-state index contributed by atoms with van der Waals surface area (Å²) in [6.45, 7) is 0. The molecule has 4 nitrogen and oxygen atoms in total. The van der Waals surface area contributed by atoms with Gasteiger partial charge in [-0.05, 0) is 18.2 Å². The van der Waals surface area contributed by atoms with Crippen LogP contribution in [0.15, 0.2) is 34.5 Å². The molecule has 0 aliphatic carbocycles. The van der Waals surface area contributed by atoms with E-state index in [1.807, 2.05) is 5.43 Å². The van der Waals surface area contributed by atoms with Gasteiger partial charge in [0.15, 0.2) is 5.01 Å². The summed E-state index contributed by atoms with van der Waals surface area (Å²) in [5, 5.41) is 1.89. The molecule has 1 amide bonds. The SMILES string of the molecule is NNC(=O)c1nc(CSc2cccc(C(F)(F)F)c2)cs1. The van der Waals surface area contributed by atoms with E-state index in [1.54, 1.807) is 11.4 Å². The quantitative estimate of drug-likeness (QED) is 0.390. The molecular formula is C12H10F3N3OS2. The van der Waals surface area contributed by atoms with Gasteiger partial charge in [-0.2, -0.15) is 13.2 Å². The van der Waals surface area contributed by atoms with Gasteiger partial charge in [0.2, 0.25) is 0 Å². The lowest BCUT2D eigenvalue weighted by Gasteiger charge is -2.07. The fraction of sp³-hybridized carbons (Fsp3) is 0.167. The zero-order valence-corrected chi connectivity index (χ0v) is 12.1. The molecule has 0 aliphatic rings. The first kappa shape index (κ1) is 15.8. The number of alkyl halides is 3. The van der Waals surface area contributed by atoms with E-state index in [1.165, 1.54) is 17.8 Å². The number of amides is 1. The van der Waals surface area contributed by atoms with Crippen molar-refractivity contribution in [2.75, 3.05) is 0 Å². The van der Waals surface area contributed by atoms with E-state index in [0.717, 1.165) is 23.5 Å². The lowest BCUT2D eigenvalue weighted by atomic mass is 10.2. The molecule has 0 aliphatic heterocycles. The number of thiazole rings is 1. The second kappa shape index (κ2) is 6.46. The summed E-state index contributed by atoms with van der Waals surface area (Å²) >= 11 is 2.35. The van der Waals surface area contributed by atoms with E-state index in [-0.39, 0.29) is 5.01 Å². The van der Waals surface area contributed by atoms with Gasteiger partial charge in [-0.3, -0.25) is 10.2 Å². The Hall–Kier alpha value is -1.58. The van der Waals surface area contributed by atoms with E-state index in [0.29, 0.717) is 16.3 Å². The second-order valence-corrected chi connectivity index (χ2v) is 5.84. The molecular weight excluding hydrogens is 323 g/mol. The third-order valence-corrected chi connectivity index (χ3v) is 4.34. The number of halogens is 3. The van der Waals surface area contributed by atoms with Crippen LogP contribution in [0.3, 0.4) is 0 Å². The van der Waals surface area contributed by atoms with Gasteiger partial charge in [-0.25, -0.2) is 10.8 Å². The fourth-order valence-electron chi connectivity index (χ4n) is 1.46. The first-order chi connectivity index (χ1) is 9.90. The van der Waals surface area contributed by atoms with Crippen molar-refractivity contribution >= 4 is 29.0 Å². The van der Waals surface area contributed by atoms with E-state index >= 15 is 0 Å². The van der Waals surface area contributed by atoms with Gasteiger partial charge in [-0.15, -0.1) is 23.1 Å². The van der Waals surface area contributed by atoms with Crippen molar-refractivity contribution < 1.29 is 18.0 Å². The van der Waals surface area contributed by atoms with Crippen LogP contribution in [0.1, 0.15) is 21.1 Å². The number of aromatic nitrogens is 1. The smallest absolute Gasteiger partial charge is 0.288 e. The number of thioether (sulfide) groups is 1. The molecule has 0 fully saturated rings. The normalized spacial score (nSPS) is 11.4. The van der Waals surface area contributed by atoms with E-state index in [4.69, 9.17) is 5.84 Å². The molecule has 1 aromatic carbocycles. The second-order valence-electron chi connectivity index (χ2n) is 3.93. The van der Waals surface area contributed by atoms with Crippen molar-refractivity contribution in [3.63, 3.8) is 0 Å². The number of rotatable bonds is 4. The van der Waals surface area contributed by atoms with Crippen molar-refractivity contribution in [2.24, 2.45) is 5.84 Å². The number of nitrogens with one attached hydrogen (secondary N) is 1. The van der Waals surface area contributed by atoms with Crippen LogP contribution in [0.2, 0.25) is 0 Å². The number of carbonyl (C=O) groups excluding carboxylic acids is 1. The first-order valence-corrected chi connectivity index (χ1v) is 7.52. The Bertz CT molecular complexity index is 643. The predicted octanol–water partition coefficient (Wildman–Crippen LogP) is 3.06. The molecule has 0 spiro atoms. The van der Waals surface area contributed by atoms with Crippen LogP contribution in [0.25, 0.3) is 0 Å².